The van der Waals surface area contributed by atoms with Crippen molar-refractivity contribution in [2.75, 3.05) is 34.5 Å². The molecule has 1 saturated heterocycles. The van der Waals surface area contributed by atoms with Gasteiger partial charge in [0.25, 0.3) is 11.7 Å². The first kappa shape index (κ1) is 22.4. The number of methoxy groups -OCH3 is 3. The number of ether oxygens (including phenoxy) is 3. The van der Waals surface area contributed by atoms with Gasteiger partial charge in [-0.1, -0.05) is 12.1 Å². The van der Waals surface area contributed by atoms with Gasteiger partial charge in [-0.3, -0.25) is 9.59 Å². The zero-order valence-electron chi connectivity index (χ0n) is 18.2. The molecule has 3 rings (SSSR count). The number of carbonyl (C=O) groups is 2. The largest absolute Gasteiger partial charge is 0.507 e. The van der Waals surface area contributed by atoms with Gasteiger partial charge in [-0.2, -0.15) is 0 Å². The van der Waals surface area contributed by atoms with E-state index in [9.17, 15) is 14.7 Å². The molecule has 2 aromatic carbocycles. The van der Waals surface area contributed by atoms with E-state index in [0.29, 0.717) is 42.2 Å². The summed E-state index contributed by atoms with van der Waals surface area (Å²) in [5, 5.41) is 11.1. The number of nitrogens with zero attached hydrogens (tertiary/aromatic N) is 1. The van der Waals surface area contributed by atoms with Crippen molar-refractivity contribution in [1.29, 1.82) is 0 Å². The van der Waals surface area contributed by atoms with Crippen LogP contribution in [-0.2, 0) is 14.3 Å². The molecule has 1 heterocycles. The number of Topliss-reactive ketones (excluding diaryl/α,β-unsaturated/α-hetero) is 1. The molecule has 0 spiro atoms. The Kier molecular flexibility index (Phi) is 6.97. The molecule has 164 valence electrons. The van der Waals surface area contributed by atoms with Crippen LogP contribution in [0.15, 0.2) is 48.0 Å². The minimum Gasteiger partial charge on any atom is -0.507 e. The van der Waals surface area contributed by atoms with E-state index in [0.717, 1.165) is 5.56 Å². The van der Waals surface area contributed by atoms with Gasteiger partial charge in [0, 0.05) is 25.8 Å². The van der Waals surface area contributed by atoms with Gasteiger partial charge in [-0.15, -0.1) is 0 Å². The van der Waals surface area contributed by atoms with Gasteiger partial charge in [-0.25, -0.2) is 0 Å². The molecule has 0 saturated carbocycles. The summed E-state index contributed by atoms with van der Waals surface area (Å²) in [6, 6.07) is 11.6. The molecule has 7 nitrogen and oxygen atoms in total. The maximum absolute atomic E-state index is 13.0. The maximum atomic E-state index is 13.0. The van der Waals surface area contributed by atoms with Gasteiger partial charge < -0.3 is 24.2 Å². The first-order valence-corrected chi connectivity index (χ1v) is 9.99. The molecule has 0 aromatic heterocycles. The normalized spacial score (nSPS) is 17.8. The Hall–Kier alpha value is -3.32. The number of likely N-dealkylation sites (tertiary alicyclic amines) is 1. The molecule has 0 radical (unpaired) electrons. The van der Waals surface area contributed by atoms with Crippen LogP contribution in [0.2, 0.25) is 0 Å². The number of hydrogen-bond acceptors (Lipinski definition) is 6. The second-order valence-corrected chi connectivity index (χ2v) is 7.30. The lowest BCUT2D eigenvalue weighted by Gasteiger charge is -2.25. The second-order valence-electron chi connectivity index (χ2n) is 7.30. The average Bonchev–Trinajstić information content (AvgIpc) is 3.03. The van der Waals surface area contributed by atoms with Crippen LogP contribution >= 0.6 is 0 Å². The van der Waals surface area contributed by atoms with Crippen molar-refractivity contribution >= 4 is 17.4 Å². The van der Waals surface area contributed by atoms with E-state index in [-0.39, 0.29) is 11.3 Å². The number of benzene rings is 2. The van der Waals surface area contributed by atoms with E-state index in [2.05, 4.69) is 0 Å². The summed E-state index contributed by atoms with van der Waals surface area (Å²) in [6.45, 7) is 2.63. The molecule has 0 bridgehead atoms. The third-order valence-electron chi connectivity index (χ3n) is 5.39. The number of rotatable bonds is 8. The van der Waals surface area contributed by atoms with Crippen molar-refractivity contribution < 1.29 is 28.9 Å². The minimum absolute atomic E-state index is 0.0668. The van der Waals surface area contributed by atoms with Crippen LogP contribution in [0.3, 0.4) is 0 Å². The quantitative estimate of drug-likeness (QED) is 0.302. The minimum atomic E-state index is -0.704. The summed E-state index contributed by atoms with van der Waals surface area (Å²) in [4.78, 5) is 27.3. The smallest absolute Gasteiger partial charge is 0.295 e. The van der Waals surface area contributed by atoms with Crippen molar-refractivity contribution in [1.82, 2.24) is 4.90 Å². The highest BCUT2D eigenvalue weighted by atomic mass is 16.5. The number of ketones is 1. The highest BCUT2D eigenvalue weighted by Crippen LogP contribution is 2.40. The summed E-state index contributed by atoms with van der Waals surface area (Å²) < 4.78 is 15.6. The van der Waals surface area contributed by atoms with E-state index in [4.69, 9.17) is 14.2 Å². The van der Waals surface area contributed by atoms with E-state index in [1.165, 1.54) is 4.90 Å². The van der Waals surface area contributed by atoms with Crippen LogP contribution in [-0.4, -0.2) is 56.2 Å². The first-order valence-electron chi connectivity index (χ1n) is 9.99. The highest BCUT2D eigenvalue weighted by molar-refractivity contribution is 6.46. The van der Waals surface area contributed by atoms with Crippen LogP contribution in [0.5, 0.6) is 11.5 Å². The number of aliphatic hydroxyl groups is 1. The SMILES string of the molecule is COCCCN1C(=O)C(=O)C(=C(O)c2ccc(OC)c(C)c2)[C@H]1c1ccc(OC)cc1. The van der Waals surface area contributed by atoms with E-state index in [1.807, 2.05) is 6.92 Å². The van der Waals surface area contributed by atoms with E-state index < -0.39 is 17.7 Å². The molecule has 7 heteroatoms. The van der Waals surface area contributed by atoms with E-state index >= 15 is 0 Å². The van der Waals surface area contributed by atoms with Gasteiger partial charge in [0.1, 0.15) is 17.3 Å². The number of aryl methyl sites for hydroxylation is 1. The molecule has 0 aliphatic carbocycles. The van der Waals surface area contributed by atoms with Crippen molar-refractivity contribution in [3.8, 4) is 11.5 Å². The highest BCUT2D eigenvalue weighted by Gasteiger charge is 2.45. The zero-order chi connectivity index (χ0) is 22.5. The van der Waals surface area contributed by atoms with Gasteiger partial charge in [0.15, 0.2) is 0 Å². The van der Waals surface area contributed by atoms with Crippen LogP contribution < -0.4 is 9.47 Å². The van der Waals surface area contributed by atoms with Gasteiger partial charge >= 0.3 is 0 Å². The molecule has 1 aliphatic rings. The Bertz CT molecular complexity index is 996. The Balaban J connectivity index is 2.11. The fraction of sp³-hybridized carbons (Fsp3) is 0.333. The lowest BCUT2D eigenvalue weighted by atomic mass is 9.94. The topological polar surface area (TPSA) is 85.3 Å². The molecule has 1 N–H and O–H groups in total. The Morgan fingerprint density at radius 2 is 1.74 bits per heavy atom. The van der Waals surface area contributed by atoms with Crippen LogP contribution in [0.1, 0.15) is 29.2 Å². The molecule has 0 unspecified atom stereocenters. The van der Waals surface area contributed by atoms with Crippen molar-refractivity contribution in [2.24, 2.45) is 0 Å². The molecule has 31 heavy (non-hydrogen) atoms. The Labute approximate surface area is 181 Å². The molecule has 1 fully saturated rings. The lowest BCUT2D eigenvalue weighted by molar-refractivity contribution is -0.140. The van der Waals surface area contributed by atoms with Crippen LogP contribution in [0.25, 0.3) is 5.76 Å². The number of hydrogen-bond donors (Lipinski definition) is 1. The molecular formula is C24H27NO6. The maximum Gasteiger partial charge on any atom is 0.295 e. The molecular weight excluding hydrogens is 398 g/mol. The molecule has 1 aliphatic heterocycles. The number of carbonyl (C=O) groups excluding carboxylic acids is 2. The summed E-state index contributed by atoms with van der Waals surface area (Å²) in [5.74, 6) is -0.221. The van der Waals surface area contributed by atoms with E-state index in [1.54, 1.807) is 63.8 Å². The van der Waals surface area contributed by atoms with Crippen molar-refractivity contribution in [2.45, 2.75) is 19.4 Å². The molecule has 2 aromatic rings. The summed E-state index contributed by atoms with van der Waals surface area (Å²) >= 11 is 0. The molecule has 1 atom stereocenters. The van der Waals surface area contributed by atoms with Gasteiger partial charge in [0.05, 0.1) is 25.8 Å². The van der Waals surface area contributed by atoms with Crippen LogP contribution in [0.4, 0.5) is 0 Å². The van der Waals surface area contributed by atoms with Gasteiger partial charge in [0.2, 0.25) is 0 Å². The Morgan fingerprint density at radius 1 is 1.03 bits per heavy atom. The third-order valence-corrected chi connectivity index (χ3v) is 5.39. The summed E-state index contributed by atoms with van der Waals surface area (Å²) in [5.41, 5.74) is 2.04. The fourth-order valence-corrected chi connectivity index (χ4v) is 3.80. The monoisotopic (exact) mass is 425 g/mol. The third kappa shape index (κ3) is 4.41. The Morgan fingerprint density at radius 3 is 2.32 bits per heavy atom. The summed E-state index contributed by atoms with van der Waals surface area (Å²) in [6.07, 6.45) is 0.567. The number of amides is 1. The number of aliphatic hydroxyl groups excluding tert-OH is 1. The predicted octanol–water partition coefficient (Wildman–Crippen LogP) is 3.47. The standard InChI is InChI=1S/C24H27NO6/c1-15-14-17(8-11-19(15)31-4)22(26)20-21(16-6-9-18(30-3)10-7-16)25(12-5-13-29-2)24(28)23(20)27/h6-11,14,21,26H,5,12-13H2,1-4H3/t21-/m1/s1. The fourth-order valence-electron chi connectivity index (χ4n) is 3.80. The first-order chi connectivity index (χ1) is 14.9. The summed E-state index contributed by atoms with van der Waals surface area (Å²) in [7, 11) is 4.72. The van der Waals surface area contributed by atoms with Crippen molar-refractivity contribution in [3.63, 3.8) is 0 Å². The predicted molar refractivity (Wildman–Crippen MR) is 116 cm³/mol. The second kappa shape index (κ2) is 9.66. The lowest BCUT2D eigenvalue weighted by Crippen LogP contribution is -2.31. The average molecular weight is 425 g/mol. The van der Waals surface area contributed by atoms with Crippen LogP contribution in [0, 0.1) is 6.92 Å². The van der Waals surface area contributed by atoms with Crippen molar-refractivity contribution in [3.05, 3.63) is 64.7 Å². The molecule has 1 amide bonds. The van der Waals surface area contributed by atoms with Gasteiger partial charge in [-0.05, 0) is 54.8 Å². The zero-order valence-corrected chi connectivity index (χ0v) is 18.2.